The fraction of sp³-hybridized carbons (Fsp3) is 0.667. The van der Waals surface area contributed by atoms with Crippen molar-refractivity contribution in [2.45, 2.75) is 26.3 Å². The number of anilines is 2. The number of ether oxygens (including phenoxy) is 1. The van der Waals surface area contributed by atoms with E-state index in [9.17, 15) is 4.79 Å². The summed E-state index contributed by atoms with van der Waals surface area (Å²) >= 11 is 1.30. The molecule has 1 aromatic rings. The minimum Gasteiger partial charge on any atom is -0.382 e. The van der Waals surface area contributed by atoms with Crippen molar-refractivity contribution >= 4 is 28.2 Å². The minimum absolute atomic E-state index is 0.215. The van der Waals surface area contributed by atoms with Crippen molar-refractivity contribution in [3.8, 4) is 0 Å². The zero-order valence-electron chi connectivity index (χ0n) is 12.1. The van der Waals surface area contributed by atoms with Gasteiger partial charge in [-0.05, 0) is 20.8 Å². The summed E-state index contributed by atoms with van der Waals surface area (Å²) in [6.07, 6.45) is 0. The third-order valence-corrected chi connectivity index (χ3v) is 3.79. The van der Waals surface area contributed by atoms with Crippen molar-refractivity contribution in [1.29, 1.82) is 0 Å². The topological polar surface area (TPSA) is 80.5 Å². The number of hydrogen-bond donors (Lipinski definition) is 2. The number of carbonyl (C=O) groups excluding carboxylic acids is 1. The van der Waals surface area contributed by atoms with Gasteiger partial charge in [-0.25, -0.2) is 4.98 Å². The minimum atomic E-state index is -0.445. The number of nitrogens with zero attached hydrogens (tertiary/aromatic N) is 2. The van der Waals surface area contributed by atoms with Gasteiger partial charge < -0.3 is 20.7 Å². The van der Waals surface area contributed by atoms with Crippen LogP contribution >= 0.6 is 11.3 Å². The molecule has 108 valence electrons. The molecule has 0 aliphatic carbocycles. The number of hydrogen-bond acceptors (Lipinski definition) is 6. The highest BCUT2D eigenvalue weighted by molar-refractivity contribution is 7.18. The average molecular weight is 286 g/mol. The summed E-state index contributed by atoms with van der Waals surface area (Å²) in [6.45, 7) is 7.04. The van der Waals surface area contributed by atoms with Crippen molar-refractivity contribution in [1.82, 2.24) is 10.3 Å². The first-order valence-electron chi connectivity index (χ1n) is 6.09. The average Bonchev–Trinajstić information content (AvgIpc) is 2.69. The summed E-state index contributed by atoms with van der Waals surface area (Å²) in [7, 11) is 3.51. The predicted octanol–water partition coefficient (Wildman–Crippen LogP) is 1.34. The lowest BCUT2D eigenvalue weighted by Gasteiger charge is -2.24. The fourth-order valence-corrected chi connectivity index (χ4v) is 2.45. The van der Waals surface area contributed by atoms with Gasteiger partial charge in [0.2, 0.25) is 0 Å². The fourth-order valence-electron chi connectivity index (χ4n) is 1.54. The van der Waals surface area contributed by atoms with Crippen LogP contribution in [0.15, 0.2) is 0 Å². The van der Waals surface area contributed by atoms with Crippen molar-refractivity contribution in [3.63, 3.8) is 0 Å². The van der Waals surface area contributed by atoms with Gasteiger partial charge in [-0.3, -0.25) is 4.79 Å². The number of rotatable bonds is 6. The van der Waals surface area contributed by atoms with Gasteiger partial charge in [0.25, 0.3) is 5.91 Å². The second kappa shape index (κ2) is 6.21. The second-order valence-electron chi connectivity index (χ2n) is 5.00. The number of aromatic nitrogens is 1. The van der Waals surface area contributed by atoms with Crippen LogP contribution in [0.5, 0.6) is 0 Å². The molecular weight excluding hydrogens is 264 g/mol. The van der Waals surface area contributed by atoms with Crippen LogP contribution in [-0.2, 0) is 4.74 Å². The number of amides is 1. The summed E-state index contributed by atoms with van der Waals surface area (Å²) in [6, 6.07) is 0. The standard InChI is InChI=1S/C12H22N4O2S/c1-6-16(4)11-14-9(13)8(19-11)10(17)15-12(2,3)7-18-5/h6-7,13H2,1-5H3,(H,15,17). The van der Waals surface area contributed by atoms with Crippen molar-refractivity contribution < 1.29 is 9.53 Å². The van der Waals surface area contributed by atoms with Crippen LogP contribution in [0.3, 0.4) is 0 Å². The molecule has 0 bridgehead atoms. The first kappa shape index (κ1) is 15.7. The molecule has 0 fully saturated rings. The van der Waals surface area contributed by atoms with Gasteiger partial charge in [-0.2, -0.15) is 0 Å². The molecule has 1 heterocycles. The number of nitrogen functional groups attached to an aromatic ring is 1. The lowest BCUT2D eigenvalue weighted by atomic mass is 10.1. The first-order chi connectivity index (χ1) is 8.80. The monoisotopic (exact) mass is 286 g/mol. The molecule has 1 aromatic heterocycles. The normalized spacial score (nSPS) is 11.4. The molecule has 0 unspecified atom stereocenters. The van der Waals surface area contributed by atoms with Gasteiger partial charge in [-0.15, -0.1) is 0 Å². The molecular formula is C12H22N4O2S. The van der Waals surface area contributed by atoms with Crippen LogP contribution in [0.4, 0.5) is 10.9 Å². The molecule has 1 amide bonds. The molecule has 1 rings (SSSR count). The molecule has 0 aromatic carbocycles. The van der Waals surface area contributed by atoms with Crippen molar-refractivity contribution in [2.24, 2.45) is 0 Å². The van der Waals surface area contributed by atoms with Crippen molar-refractivity contribution in [2.75, 3.05) is 37.9 Å². The highest BCUT2D eigenvalue weighted by Crippen LogP contribution is 2.27. The zero-order valence-corrected chi connectivity index (χ0v) is 12.9. The number of methoxy groups -OCH3 is 1. The summed E-state index contributed by atoms with van der Waals surface area (Å²) in [5.41, 5.74) is 5.36. The van der Waals surface area contributed by atoms with E-state index >= 15 is 0 Å². The highest BCUT2D eigenvalue weighted by atomic mass is 32.1. The van der Waals surface area contributed by atoms with Crippen LogP contribution < -0.4 is 16.0 Å². The quantitative estimate of drug-likeness (QED) is 0.825. The van der Waals surface area contributed by atoms with Gasteiger partial charge in [0.05, 0.1) is 12.1 Å². The molecule has 0 spiro atoms. The van der Waals surface area contributed by atoms with E-state index < -0.39 is 5.54 Å². The summed E-state index contributed by atoms with van der Waals surface area (Å²) in [5, 5.41) is 3.64. The Bertz CT molecular complexity index is 445. The molecule has 19 heavy (non-hydrogen) atoms. The van der Waals surface area contributed by atoms with E-state index in [-0.39, 0.29) is 11.7 Å². The Morgan fingerprint density at radius 3 is 2.74 bits per heavy atom. The molecule has 3 N–H and O–H groups in total. The van der Waals surface area contributed by atoms with Gasteiger partial charge in [-0.1, -0.05) is 11.3 Å². The molecule has 7 heteroatoms. The number of nitrogens with two attached hydrogens (primary N) is 1. The van der Waals surface area contributed by atoms with E-state index in [2.05, 4.69) is 10.3 Å². The molecule has 6 nitrogen and oxygen atoms in total. The largest absolute Gasteiger partial charge is 0.382 e. The predicted molar refractivity (Wildman–Crippen MR) is 78.9 cm³/mol. The van der Waals surface area contributed by atoms with E-state index in [1.807, 2.05) is 32.7 Å². The summed E-state index contributed by atoms with van der Waals surface area (Å²) in [4.78, 5) is 18.8. The zero-order chi connectivity index (χ0) is 14.6. The van der Waals surface area contributed by atoms with Gasteiger partial charge in [0, 0.05) is 20.7 Å². The van der Waals surface area contributed by atoms with Crippen LogP contribution in [0.2, 0.25) is 0 Å². The molecule has 0 radical (unpaired) electrons. The number of thiazole rings is 1. The Kier molecular flexibility index (Phi) is 5.13. The van der Waals surface area contributed by atoms with Gasteiger partial charge >= 0.3 is 0 Å². The summed E-state index contributed by atoms with van der Waals surface area (Å²) < 4.78 is 5.07. The van der Waals surface area contributed by atoms with E-state index in [4.69, 9.17) is 10.5 Å². The smallest absolute Gasteiger partial charge is 0.265 e. The van der Waals surface area contributed by atoms with Crippen molar-refractivity contribution in [3.05, 3.63) is 4.88 Å². The highest BCUT2D eigenvalue weighted by Gasteiger charge is 2.24. The second-order valence-corrected chi connectivity index (χ2v) is 5.97. The maximum atomic E-state index is 12.2. The Morgan fingerprint density at radius 2 is 2.21 bits per heavy atom. The molecule has 0 atom stereocenters. The van der Waals surface area contributed by atoms with Gasteiger partial charge in [0.1, 0.15) is 10.7 Å². The van der Waals surface area contributed by atoms with E-state index in [0.717, 1.165) is 11.7 Å². The number of nitrogens with one attached hydrogen (secondary N) is 1. The molecule has 0 aliphatic heterocycles. The maximum Gasteiger partial charge on any atom is 0.265 e. The first-order valence-corrected chi connectivity index (χ1v) is 6.91. The Balaban J connectivity index is 2.86. The molecule has 0 aliphatic rings. The Morgan fingerprint density at radius 1 is 1.58 bits per heavy atom. The third-order valence-electron chi connectivity index (χ3n) is 2.61. The van der Waals surface area contributed by atoms with Crippen LogP contribution in [0.1, 0.15) is 30.4 Å². The van der Waals surface area contributed by atoms with Crippen LogP contribution in [-0.4, -0.2) is 43.7 Å². The van der Waals surface area contributed by atoms with Crippen LogP contribution in [0.25, 0.3) is 0 Å². The lowest BCUT2D eigenvalue weighted by Crippen LogP contribution is -2.46. The SMILES string of the molecule is CCN(C)c1nc(N)c(C(=O)NC(C)(C)COC)s1. The lowest BCUT2D eigenvalue weighted by molar-refractivity contribution is 0.0824. The third kappa shape index (κ3) is 4.07. The summed E-state index contributed by atoms with van der Waals surface area (Å²) in [5.74, 6) is 0.0545. The molecule has 0 saturated carbocycles. The Hall–Kier alpha value is -1.34. The van der Waals surface area contributed by atoms with Gasteiger partial charge in [0.15, 0.2) is 5.13 Å². The Labute approximate surface area is 118 Å². The maximum absolute atomic E-state index is 12.2. The van der Waals surface area contributed by atoms with E-state index in [1.165, 1.54) is 11.3 Å². The van der Waals surface area contributed by atoms with Crippen LogP contribution in [0, 0.1) is 0 Å². The number of carbonyl (C=O) groups is 1. The van der Waals surface area contributed by atoms with E-state index in [1.54, 1.807) is 7.11 Å². The molecule has 0 saturated heterocycles. The van der Waals surface area contributed by atoms with E-state index in [0.29, 0.717) is 11.5 Å².